The smallest absolute Gasteiger partial charge is 0.277 e. The Kier molecular flexibility index (Phi) is 6.65. The maximum atomic E-state index is 11.8. The van der Waals surface area contributed by atoms with Crippen LogP contribution in [0.4, 0.5) is 5.82 Å². The summed E-state index contributed by atoms with van der Waals surface area (Å²) in [5.41, 5.74) is 3.79. The second kappa shape index (κ2) is 9.17. The van der Waals surface area contributed by atoms with Crippen molar-refractivity contribution in [2.24, 2.45) is 5.10 Å². The van der Waals surface area contributed by atoms with Crippen molar-refractivity contribution in [1.29, 1.82) is 0 Å². The van der Waals surface area contributed by atoms with E-state index in [4.69, 9.17) is 4.74 Å². The molecule has 0 saturated heterocycles. The van der Waals surface area contributed by atoms with Crippen molar-refractivity contribution in [2.45, 2.75) is 20.3 Å². The van der Waals surface area contributed by atoms with Crippen LogP contribution in [-0.4, -0.2) is 29.1 Å². The number of para-hydroxylation sites is 1. The molecule has 0 aliphatic heterocycles. The average Bonchev–Trinajstić information content (AvgIpc) is 2.60. The molecule has 0 aliphatic carbocycles. The number of carbonyl (C=O) groups excluding carboxylic acids is 2. The molecule has 0 bridgehead atoms. The maximum absolute atomic E-state index is 11.8. The summed E-state index contributed by atoms with van der Waals surface area (Å²) in [4.78, 5) is 27.6. The lowest BCUT2D eigenvalue weighted by Gasteiger charge is -2.08. The molecule has 7 nitrogen and oxygen atoms in total. The number of nitrogens with one attached hydrogen (secondary N) is 2. The van der Waals surface area contributed by atoms with Crippen molar-refractivity contribution < 1.29 is 14.3 Å². The monoisotopic (exact) mass is 340 g/mol. The Morgan fingerprint density at radius 3 is 2.60 bits per heavy atom. The molecule has 2 aromatic rings. The van der Waals surface area contributed by atoms with Gasteiger partial charge in [-0.15, -0.1) is 0 Å². The van der Waals surface area contributed by atoms with Crippen LogP contribution in [-0.2, 0) is 9.59 Å². The lowest BCUT2D eigenvalue weighted by molar-refractivity contribution is -0.123. The lowest BCUT2D eigenvalue weighted by Crippen LogP contribution is -2.26. The van der Waals surface area contributed by atoms with Gasteiger partial charge in [-0.3, -0.25) is 9.59 Å². The fourth-order valence-corrected chi connectivity index (χ4v) is 1.95. The second-order valence-corrected chi connectivity index (χ2v) is 5.38. The van der Waals surface area contributed by atoms with E-state index in [0.29, 0.717) is 17.3 Å². The number of carbonyl (C=O) groups is 2. The number of aryl methyl sites for hydroxylation is 1. The molecule has 2 rings (SSSR count). The molecule has 1 aromatic carbocycles. The second-order valence-electron chi connectivity index (χ2n) is 5.38. The average molecular weight is 340 g/mol. The van der Waals surface area contributed by atoms with Gasteiger partial charge in [-0.05, 0) is 37.6 Å². The molecule has 0 atom stereocenters. The summed E-state index contributed by atoms with van der Waals surface area (Å²) in [6, 6.07) is 12.6. The third-order valence-electron chi connectivity index (χ3n) is 3.17. The highest BCUT2D eigenvalue weighted by Gasteiger charge is 2.07. The fraction of sp³-hybridized carbons (Fsp3) is 0.222. The van der Waals surface area contributed by atoms with Gasteiger partial charge in [0.1, 0.15) is 11.6 Å². The summed E-state index contributed by atoms with van der Waals surface area (Å²) in [5, 5.41) is 6.54. The first-order valence-electron chi connectivity index (χ1n) is 7.76. The number of hydrazone groups is 1. The van der Waals surface area contributed by atoms with Gasteiger partial charge in [0.15, 0.2) is 6.61 Å². The van der Waals surface area contributed by atoms with Crippen molar-refractivity contribution >= 4 is 23.3 Å². The van der Waals surface area contributed by atoms with E-state index in [1.807, 2.05) is 25.1 Å². The molecule has 0 aliphatic rings. The molecule has 130 valence electrons. The highest BCUT2D eigenvalue weighted by atomic mass is 16.5. The van der Waals surface area contributed by atoms with Crippen LogP contribution in [0.25, 0.3) is 0 Å². The molecule has 0 spiro atoms. The molecule has 25 heavy (non-hydrogen) atoms. The lowest BCUT2D eigenvalue weighted by atomic mass is 10.2. The summed E-state index contributed by atoms with van der Waals surface area (Å²) < 4.78 is 5.42. The molecule has 1 heterocycles. The van der Waals surface area contributed by atoms with E-state index in [1.165, 1.54) is 0 Å². The molecule has 1 aromatic heterocycles. The van der Waals surface area contributed by atoms with Gasteiger partial charge in [0.2, 0.25) is 5.91 Å². The predicted octanol–water partition coefficient (Wildman–Crippen LogP) is 2.29. The minimum Gasteiger partial charge on any atom is -0.483 e. The number of hydrogen-bond donors (Lipinski definition) is 2. The number of ether oxygens (including phenoxy) is 1. The summed E-state index contributed by atoms with van der Waals surface area (Å²) in [6.07, 6.45) is 1.64. The van der Waals surface area contributed by atoms with Gasteiger partial charge in [0.25, 0.3) is 5.91 Å². The van der Waals surface area contributed by atoms with E-state index in [0.717, 1.165) is 5.56 Å². The van der Waals surface area contributed by atoms with Gasteiger partial charge < -0.3 is 10.1 Å². The van der Waals surface area contributed by atoms with Gasteiger partial charge in [0.05, 0.1) is 6.42 Å². The number of rotatable bonds is 7. The third kappa shape index (κ3) is 6.42. The molecule has 2 amide bonds. The van der Waals surface area contributed by atoms with Crippen LogP contribution in [0, 0.1) is 6.92 Å². The molecule has 2 N–H and O–H groups in total. The highest BCUT2D eigenvalue weighted by Crippen LogP contribution is 2.15. The quantitative estimate of drug-likeness (QED) is 0.597. The summed E-state index contributed by atoms with van der Waals surface area (Å²) in [7, 11) is 0. The topological polar surface area (TPSA) is 92.7 Å². The Morgan fingerprint density at radius 2 is 1.88 bits per heavy atom. The van der Waals surface area contributed by atoms with Crippen molar-refractivity contribution in [3.05, 3.63) is 54.2 Å². The van der Waals surface area contributed by atoms with Crippen LogP contribution in [0.3, 0.4) is 0 Å². The summed E-state index contributed by atoms with van der Waals surface area (Å²) in [5.74, 6) is 0.460. The minimum atomic E-state index is -0.396. The number of pyridine rings is 1. The van der Waals surface area contributed by atoms with E-state index >= 15 is 0 Å². The van der Waals surface area contributed by atoms with E-state index in [1.54, 1.807) is 37.4 Å². The van der Waals surface area contributed by atoms with Crippen molar-refractivity contribution in [3.63, 3.8) is 0 Å². The number of nitrogens with zero attached hydrogens (tertiary/aromatic N) is 2. The largest absolute Gasteiger partial charge is 0.483 e. The maximum Gasteiger partial charge on any atom is 0.277 e. The van der Waals surface area contributed by atoms with Gasteiger partial charge in [-0.1, -0.05) is 24.3 Å². The van der Waals surface area contributed by atoms with Gasteiger partial charge in [-0.25, -0.2) is 10.4 Å². The van der Waals surface area contributed by atoms with E-state index in [-0.39, 0.29) is 18.9 Å². The number of hydrogen-bond acceptors (Lipinski definition) is 5. The predicted molar refractivity (Wildman–Crippen MR) is 95.4 cm³/mol. The van der Waals surface area contributed by atoms with Gasteiger partial charge in [-0.2, -0.15) is 5.10 Å². The Balaban J connectivity index is 1.75. The van der Waals surface area contributed by atoms with Crippen LogP contribution in [0.2, 0.25) is 0 Å². The third-order valence-corrected chi connectivity index (χ3v) is 3.17. The zero-order valence-corrected chi connectivity index (χ0v) is 14.2. The van der Waals surface area contributed by atoms with E-state index in [2.05, 4.69) is 20.8 Å². The molecule has 0 saturated carbocycles. The van der Waals surface area contributed by atoms with Crippen molar-refractivity contribution in [2.75, 3.05) is 11.9 Å². The number of anilines is 1. The van der Waals surface area contributed by atoms with Crippen LogP contribution >= 0.6 is 0 Å². The van der Waals surface area contributed by atoms with E-state index < -0.39 is 5.91 Å². The zero-order chi connectivity index (χ0) is 18.1. The molecule has 0 fully saturated rings. The van der Waals surface area contributed by atoms with E-state index in [9.17, 15) is 9.59 Å². The van der Waals surface area contributed by atoms with Crippen LogP contribution < -0.4 is 15.5 Å². The Labute approximate surface area is 146 Å². The Morgan fingerprint density at radius 1 is 1.12 bits per heavy atom. The van der Waals surface area contributed by atoms with Crippen molar-refractivity contribution in [1.82, 2.24) is 10.4 Å². The highest BCUT2D eigenvalue weighted by molar-refractivity contribution is 6.05. The van der Waals surface area contributed by atoms with Crippen molar-refractivity contribution in [3.8, 4) is 5.75 Å². The first-order chi connectivity index (χ1) is 12.0. The molecule has 0 unspecified atom stereocenters. The number of aromatic nitrogens is 1. The fourth-order valence-electron chi connectivity index (χ4n) is 1.95. The molecule has 0 radical (unpaired) electrons. The summed E-state index contributed by atoms with van der Waals surface area (Å²) in [6.45, 7) is 3.40. The minimum absolute atomic E-state index is 0.0511. The number of benzene rings is 1. The van der Waals surface area contributed by atoms with Gasteiger partial charge >= 0.3 is 0 Å². The normalized spacial score (nSPS) is 10.9. The molecular formula is C18H20N4O3. The molecule has 7 heteroatoms. The van der Waals surface area contributed by atoms with Crippen LogP contribution in [0.15, 0.2) is 53.8 Å². The number of amides is 2. The Bertz CT molecular complexity index is 760. The van der Waals surface area contributed by atoms with Gasteiger partial charge in [0, 0.05) is 11.9 Å². The van der Waals surface area contributed by atoms with Crippen LogP contribution in [0.5, 0.6) is 5.75 Å². The SMILES string of the molecule is C/C(CC(=O)Nc1ccccn1)=N\NC(=O)COc1ccccc1C. The van der Waals surface area contributed by atoms with Crippen LogP contribution in [0.1, 0.15) is 18.9 Å². The molecular weight excluding hydrogens is 320 g/mol. The first-order valence-corrected chi connectivity index (χ1v) is 7.76. The standard InChI is InChI=1S/C18H20N4O3/c1-13-7-3-4-8-15(13)25-12-18(24)22-21-14(2)11-17(23)20-16-9-5-6-10-19-16/h3-10H,11-12H2,1-2H3,(H,22,24)(H,19,20,23)/b21-14+. The Hall–Kier alpha value is -3.22. The first kappa shape index (κ1) is 18.1. The summed E-state index contributed by atoms with van der Waals surface area (Å²) >= 11 is 0. The zero-order valence-electron chi connectivity index (χ0n) is 14.2.